The zero-order chi connectivity index (χ0) is 13.0. The summed E-state index contributed by atoms with van der Waals surface area (Å²) in [5.41, 5.74) is 6.16. The van der Waals surface area contributed by atoms with Crippen molar-refractivity contribution in [2.75, 3.05) is 6.54 Å². The minimum Gasteiger partial charge on any atom is -0.350 e. The molecule has 0 aliphatic heterocycles. The lowest BCUT2D eigenvalue weighted by Crippen LogP contribution is -2.33. The van der Waals surface area contributed by atoms with Crippen LogP contribution in [0.25, 0.3) is 10.8 Å². The third kappa shape index (κ3) is 2.87. The number of hydrogen-bond acceptors (Lipinski definition) is 2. The average Bonchev–Trinajstić information content (AvgIpc) is 2.38. The second-order valence-electron chi connectivity index (χ2n) is 4.51. The summed E-state index contributed by atoms with van der Waals surface area (Å²) in [4.78, 5) is 12.0. The van der Waals surface area contributed by atoms with Crippen LogP contribution in [0.4, 0.5) is 0 Å². The summed E-state index contributed by atoms with van der Waals surface area (Å²) in [6.07, 6.45) is 0.791. The fraction of sp³-hybridized carbons (Fsp3) is 0.267. The van der Waals surface area contributed by atoms with Gasteiger partial charge in [-0.3, -0.25) is 4.79 Å². The molecule has 0 aliphatic carbocycles. The number of amides is 1. The first-order chi connectivity index (χ1) is 8.70. The molecule has 1 amide bonds. The van der Waals surface area contributed by atoms with Gasteiger partial charge >= 0.3 is 0 Å². The lowest BCUT2D eigenvalue weighted by Gasteiger charge is -2.12. The van der Waals surface area contributed by atoms with Gasteiger partial charge in [-0.05, 0) is 42.8 Å². The summed E-state index contributed by atoms with van der Waals surface area (Å²) in [6, 6.07) is 13.9. The molecule has 3 heteroatoms. The van der Waals surface area contributed by atoms with Crippen molar-refractivity contribution in [3.63, 3.8) is 0 Å². The Morgan fingerprint density at radius 2 is 1.94 bits per heavy atom. The van der Waals surface area contributed by atoms with E-state index in [0.29, 0.717) is 12.1 Å². The molecule has 0 aliphatic rings. The van der Waals surface area contributed by atoms with Crippen molar-refractivity contribution in [2.24, 2.45) is 5.73 Å². The van der Waals surface area contributed by atoms with Crippen LogP contribution in [0.15, 0.2) is 42.5 Å². The Bertz CT molecular complexity index is 551. The van der Waals surface area contributed by atoms with Crippen LogP contribution < -0.4 is 11.1 Å². The van der Waals surface area contributed by atoms with Crippen molar-refractivity contribution in [2.45, 2.75) is 19.4 Å². The second-order valence-corrected chi connectivity index (χ2v) is 4.51. The molecule has 0 saturated carbocycles. The van der Waals surface area contributed by atoms with Gasteiger partial charge < -0.3 is 11.1 Å². The average molecular weight is 242 g/mol. The Hall–Kier alpha value is -1.87. The molecule has 2 rings (SSSR count). The molecular weight excluding hydrogens is 224 g/mol. The number of nitrogens with two attached hydrogens (primary N) is 1. The van der Waals surface area contributed by atoms with Crippen LogP contribution in [-0.2, 0) is 0 Å². The first-order valence-electron chi connectivity index (χ1n) is 6.20. The van der Waals surface area contributed by atoms with E-state index in [1.165, 1.54) is 0 Å². The summed E-state index contributed by atoms with van der Waals surface area (Å²) in [6.45, 7) is 2.55. The number of carbonyl (C=O) groups is 1. The molecule has 2 aromatic carbocycles. The van der Waals surface area contributed by atoms with E-state index in [0.717, 1.165) is 17.2 Å². The van der Waals surface area contributed by atoms with Crippen molar-refractivity contribution in [3.8, 4) is 0 Å². The molecule has 0 radical (unpaired) electrons. The number of hydrogen-bond donors (Lipinski definition) is 2. The summed E-state index contributed by atoms with van der Waals surface area (Å²) in [5, 5.41) is 5.17. The lowest BCUT2D eigenvalue weighted by atomic mass is 10.1. The number of fused-ring (bicyclic) bond motifs is 1. The topological polar surface area (TPSA) is 55.1 Å². The minimum atomic E-state index is -0.0401. The molecule has 0 aromatic heterocycles. The van der Waals surface area contributed by atoms with E-state index in [4.69, 9.17) is 5.73 Å². The first kappa shape index (κ1) is 12.6. The van der Waals surface area contributed by atoms with Crippen LogP contribution in [0.5, 0.6) is 0 Å². The van der Waals surface area contributed by atoms with Gasteiger partial charge in [-0.2, -0.15) is 0 Å². The second kappa shape index (κ2) is 5.65. The van der Waals surface area contributed by atoms with E-state index in [2.05, 4.69) is 5.32 Å². The van der Waals surface area contributed by atoms with Crippen molar-refractivity contribution in [1.29, 1.82) is 0 Å². The monoisotopic (exact) mass is 242 g/mol. The Morgan fingerprint density at radius 1 is 1.22 bits per heavy atom. The Morgan fingerprint density at radius 3 is 2.67 bits per heavy atom. The highest BCUT2D eigenvalue weighted by Crippen LogP contribution is 2.15. The molecule has 0 fully saturated rings. The zero-order valence-corrected chi connectivity index (χ0v) is 10.5. The maximum Gasteiger partial charge on any atom is 0.251 e. The van der Waals surface area contributed by atoms with Crippen molar-refractivity contribution >= 4 is 16.7 Å². The van der Waals surface area contributed by atoms with Gasteiger partial charge in [-0.15, -0.1) is 0 Å². The molecule has 0 bridgehead atoms. The standard InChI is InChI=1S/C15H18N2O/c1-11(8-9-16)17-15(18)14-7-6-12-4-2-3-5-13(12)10-14/h2-7,10-11H,8-9,16H2,1H3,(H,17,18). The van der Waals surface area contributed by atoms with E-state index >= 15 is 0 Å². The predicted molar refractivity (Wildman–Crippen MR) is 74.5 cm³/mol. The van der Waals surface area contributed by atoms with E-state index in [-0.39, 0.29) is 11.9 Å². The van der Waals surface area contributed by atoms with Crippen molar-refractivity contribution in [3.05, 3.63) is 48.0 Å². The molecule has 0 saturated heterocycles. The molecule has 2 aromatic rings. The molecular formula is C15H18N2O. The van der Waals surface area contributed by atoms with Crippen molar-refractivity contribution in [1.82, 2.24) is 5.32 Å². The van der Waals surface area contributed by atoms with Gasteiger partial charge in [-0.1, -0.05) is 30.3 Å². The van der Waals surface area contributed by atoms with Crippen LogP contribution >= 0.6 is 0 Å². The molecule has 1 atom stereocenters. The maximum absolute atomic E-state index is 12.0. The summed E-state index contributed by atoms with van der Waals surface area (Å²) in [7, 11) is 0. The SMILES string of the molecule is CC(CCN)NC(=O)c1ccc2ccccc2c1. The van der Waals surface area contributed by atoms with E-state index in [9.17, 15) is 4.79 Å². The highest BCUT2D eigenvalue weighted by atomic mass is 16.1. The summed E-state index contributed by atoms with van der Waals surface area (Å²) >= 11 is 0. The minimum absolute atomic E-state index is 0.0401. The quantitative estimate of drug-likeness (QED) is 0.864. The fourth-order valence-electron chi connectivity index (χ4n) is 1.96. The van der Waals surface area contributed by atoms with Gasteiger partial charge in [0.1, 0.15) is 0 Å². The summed E-state index contributed by atoms with van der Waals surface area (Å²) < 4.78 is 0. The number of rotatable bonds is 4. The Labute approximate surface area is 107 Å². The van der Waals surface area contributed by atoms with Gasteiger partial charge in [0.15, 0.2) is 0 Å². The molecule has 3 nitrogen and oxygen atoms in total. The summed E-state index contributed by atoms with van der Waals surface area (Å²) in [5.74, 6) is -0.0401. The highest BCUT2D eigenvalue weighted by molar-refractivity contribution is 5.98. The maximum atomic E-state index is 12.0. The van der Waals surface area contributed by atoms with Gasteiger partial charge in [0.25, 0.3) is 5.91 Å². The number of nitrogens with one attached hydrogen (secondary N) is 1. The van der Waals surface area contributed by atoms with Gasteiger partial charge in [0, 0.05) is 11.6 Å². The largest absolute Gasteiger partial charge is 0.350 e. The van der Waals surface area contributed by atoms with Gasteiger partial charge in [0.05, 0.1) is 0 Å². The number of carbonyl (C=O) groups excluding carboxylic acids is 1. The van der Waals surface area contributed by atoms with Gasteiger partial charge in [0.2, 0.25) is 0 Å². The van der Waals surface area contributed by atoms with E-state index in [1.54, 1.807) is 0 Å². The predicted octanol–water partition coefficient (Wildman–Crippen LogP) is 2.31. The number of benzene rings is 2. The van der Waals surface area contributed by atoms with E-state index in [1.807, 2.05) is 49.4 Å². The van der Waals surface area contributed by atoms with Crippen molar-refractivity contribution < 1.29 is 4.79 Å². The Balaban J connectivity index is 2.17. The highest BCUT2D eigenvalue weighted by Gasteiger charge is 2.09. The normalized spacial score (nSPS) is 12.3. The third-order valence-electron chi connectivity index (χ3n) is 2.99. The van der Waals surface area contributed by atoms with Gasteiger partial charge in [-0.25, -0.2) is 0 Å². The first-order valence-corrected chi connectivity index (χ1v) is 6.20. The molecule has 3 N–H and O–H groups in total. The zero-order valence-electron chi connectivity index (χ0n) is 10.5. The van der Waals surface area contributed by atoms with E-state index < -0.39 is 0 Å². The molecule has 18 heavy (non-hydrogen) atoms. The van der Waals surface area contributed by atoms with Crippen LogP contribution in [0.3, 0.4) is 0 Å². The lowest BCUT2D eigenvalue weighted by molar-refractivity contribution is 0.0939. The smallest absolute Gasteiger partial charge is 0.251 e. The van der Waals surface area contributed by atoms with Crippen LogP contribution in [-0.4, -0.2) is 18.5 Å². The van der Waals surface area contributed by atoms with Crippen LogP contribution in [0.2, 0.25) is 0 Å². The van der Waals surface area contributed by atoms with Crippen LogP contribution in [0.1, 0.15) is 23.7 Å². The molecule has 0 heterocycles. The fourth-order valence-corrected chi connectivity index (χ4v) is 1.96. The third-order valence-corrected chi connectivity index (χ3v) is 2.99. The molecule has 1 unspecified atom stereocenters. The van der Waals surface area contributed by atoms with Crippen LogP contribution in [0, 0.1) is 0 Å². The Kier molecular flexibility index (Phi) is 3.95. The molecule has 94 valence electrons. The molecule has 0 spiro atoms.